The van der Waals surface area contributed by atoms with Crippen molar-refractivity contribution >= 4 is 41.5 Å². The van der Waals surface area contributed by atoms with Crippen LogP contribution in [0.1, 0.15) is 12.0 Å². The predicted octanol–water partition coefficient (Wildman–Crippen LogP) is 3.00. The van der Waals surface area contributed by atoms with Gasteiger partial charge in [0.25, 0.3) is 0 Å². The number of alkyl halides is 2. The molecule has 2 rings (SSSR count). The zero-order valence-corrected chi connectivity index (χ0v) is 13.6. The third-order valence-corrected chi connectivity index (χ3v) is 2.82. The molecule has 1 aliphatic heterocycles. The van der Waals surface area contributed by atoms with Crippen LogP contribution in [0, 0.1) is 0 Å². The van der Waals surface area contributed by atoms with Gasteiger partial charge in [-0.1, -0.05) is 11.6 Å². The Labute approximate surface area is 138 Å². The number of halogens is 4. The Morgan fingerprint density at radius 2 is 2.25 bits per heavy atom. The van der Waals surface area contributed by atoms with Crippen LogP contribution in [-0.4, -0.2) is 25.7 Å². The second kappa shape index (κ2) is 8.46. The third-order valence-electron chi connectivity index (χ3n) is 2.58. The zero-order chi connectivity index (χ0) is 13.7. The summed E-state index contributed by atoms with van der Waals surface area (Å²) in [7, 11) is 0. The van der Waals surface area contributed by atoms with Crippen molar-refractivity contribution in [1.29, 1.82) is 0 Å². The van der Waals surface area contributed by atoms with Crippen molar-refractivity contribution in [2.24, 2.45) is 4.99 Å². The summed E-state index contributed by atoms with van der Waals surface area (Å²) in [6, 6.07) is 4.54. The van der Waals surface area contributed by atoms with Gasteiger partial charge in [-0.25, -0.2) is 0 Å². The average molecular weight is 418 g/mol. The highest BCUT2D eigenvalue weighted by atomic mass is 127. The van der Waals surface area contributed by atoms with E-state index >= 15 is 0 Å². The van der Waals surface area contributed by atoms with Crippen LogP contribution in [-0.2, 0) is 6.54 Å². The van der Waals surface area contributed by atoms with Crippen LogP contribution in [0.25, 0.3) is 0 Å². The minimum atomic E-state index is -2.86. The van der Waals surface area contributed by atoms with Crippen LogP contribution < -0.4 is 15.4 Å². The standard InChI is InChI=1S/C12H14ClF2N3O.HI/c13-9-2-3-10(19-11(14)15)8(6-9)7-18-12-16-4-1-5-17-12;/h2-3,6,11H,1,4-5,7H2,(H2,16,17,18);1H. The van der Waals surface area contributed by atoms with Crippen LogP contribution in [0.15, 0.2) is 23.2 Å². The van der Waals surface area contributed by atoms with E-state index in [0.29, 0.717) is 23.1 Å². The lowest BCUT2D eigenvalue weighted by Gasteiger charge is -2.17. The molecule has 2 N–H and O–H groups in total. The largest absolute Gasteiger partial charge is 0.434 e. The third kappa shape index (κ3) is 5.28. The maximum atomic E-state index is 12.3. The Kier molecular flexibility index (Phi) is 7.28. The highest BCUT2D eigenvalue weighted by Gasteiger charge is 2.11. The number of hydrogen-bond acceptors (Lipinski definition) is 4. The second-order valence-corrected chi connectivity index (χ2v) is 4.43. The summed E-state index contributed by atoms with van der Waals surface area (Å²) >= 11 is 5.86. The van der Waals surface area contributed by atoms with Gasteiger partial charge >= 0.3 is 6.61 Å². The molecular weight excluding hydrogens is 403 g/mol. The minimum absolute atomic E-state index is 0. The number of guanidine groups is 1. The quantitative estimate of drug-likeness (QED) is 0.741. The first-order chi connectivity index (χ1) is 9.15. The first-order valence-electron chi connectivity index (χ1n) is 5.90. The highest BCUT2D eigenvalue weighted by molar-refractivity contribution is 14.0. The number of nitrogens with one attached hydrogen (secondary N) is 2. The summed E-state index contributed by atoms with van der Waals surface area (Å²) in [5.74, 6) is 0.775. The molecule has 1 heterocycles. The zero-order valence-electron chi connectivity index (χ0n) is 10.5. The fourth-order valence-electron chi connectivity index (χ4n) is 1.73. The van der Waals surface area contributed by atoms with Crippen molar-refractivity contribution in [3.8, 4) is 5.75 Å². The Morgan fingerprint density at radius 3 is 2.90 bits per heavy atom. The summed E-state index contributed by atoms with van der Waals surface area (Å²) in [5, 5.41) is 6.58. The molecule has 0 bridgehead atoms. The second-order valence-electron chi connectivity index (χ2n) is 3.99. The maximum Gasteiger partial charge on any atom is 0.387 e. The van der Waals surface area contributed by atoms with Gasteiger partial charge in [0.15, 0.2) is 5.96 Å². The summed E-state index contributed by atoms with van der Waals surface area (Å²) < 4.78 is 29.0. The molecule has 20 heavy (non-hydrogen) atoms. The fourth-order valence-corrected chi connectivity index (χ4v) is 1.92. The van der Waals surface area contributed by atoms with E-state index in [1.807, 2.05) is 0 Å². The van der Waals surface area contributed by atoms with E-state index in [0.717, 1.165) is 19.5 Å². The van der Waals surface area contributed by atoms with Gasteiger partial charge in [-0.15, -0.1) is 24.0 Å². The lowest BCUT2D eigenvalue weighted by Crippen LogP contribution is -2.40. The molecule has 0 spiro atoms. The van der Waals surface area contributed by atoms with E-state index in [2.05, 4.69) is 20.4 Å². The maximum absolute atomic E-state index is 12.3. The molecule has 0 aromatic heterocycles. The number of benzene rings is 1. The molecule has 0 unspecified atom stereocenters. The van der Waals surface area contributed by atoms with Crippen LogP contribution in [0.2, 0.25) is 5.02 Å². The predicted molar refractivity (Wildman–Crippen MR) is 85.3 cm³/mol. The molecule has 4 nitrogen and oxygen atoms in total. The number of aliphatic imine (C=N–C) groups is 1. The van der Waals surface area contributed by atoms with E-state index in [-0.39, 0.29) is 29.7 Å². The smallest absolute Gasteiger partial charge is 0.387 e. The van der Waals surface area contributed by atoms with Crippen molar-refractivity contribution in [3.63, 3.8) is 0 Å². The molecule has 0 saturated carbocycles. The molecule has 0 radical (unpaired) electrons. The molecular formula is C12H15ClF2IN3O. The van der Waals surface area contributed by atoms with Crippen molar-refractivity contribution in [1.82, 2.24) is 10.6 Å². The Hall–Kier alpha value is -0.830. The number of rotatable bonds is 4. The topological polar surface area (TPSA) is 45.6 Å². The highest BCUT2D eigenvalue weighted by Crippen LogP contribution is 2.24. The number of hydrogen-bond donors (Lipinski definition) is 2. The van der Waals surface area contributed by atoms with E-state index in [1.54, 1.807) is 6.07 Å². The SMILES string of the molecule is FC(F)Oc1ccc(Cl)cc1CNC1=NCCCN1.I. The van der Waals surface area contributed by atoms with Crippen LogP contribution in [0.5, 0.6) is 5.75 Å². The van der Waals surface area contributed by atoms with Gasteiger partial charge in [-0.3, -0.25) is 4.99 Å². The molecule has 1 aliphatic rings. The molecule has 0 atom stereocenters. The van der Waals surface area contributed by atoms with Crippen LogP contribution in [0.4, 0.5) is 8.78 Å². The van der Waals surface area contributed by atoms with Gasteiger partial charge in [-0.05, 0) is 24.6 Å². The average Bonchev–Trinajstić information content (AvgIpc) is 2.40. The lowest BCUT2D eigenvalue weighted by atomic mass is 10.2. The molecule has 1 aromatic rings. The minimum Gasteiger partial charge on any atom is -0.434 e. The van der Waals surface area contributed by atoms with Crippen molar-refractivity contribution in [2.45, 2.75) is 19.6 Å². The van der Waals surface area contributed by atoms with Gasteiger partial charge in [0.1, 0.15) is 5.75 Å². The summed E-state index contributed by atoms with van der Waals surface area (Å²) in [6.07, 6.45) is 0.988. The lowest BCUT2D eigenvalue weighted by molar-refractivity contribution is -0.0504. The molecule has 0 fully saturated rings. The molecule has 112 valence electrons. The van der Waals surface area contributed by atoms with E-state index in [4.69, 9.17) is 11.6 Å². The van der Waals surface area contributed by atoms with Crippen molar-refractivity contribution in [3.05, 3.63) is 28.8 Å². The summed E-state index contributed by atoms with van der Waals surface area (Å²) in [4.78, 5) is 4.23. The fraction of sp³-hybridized carbons (Fsp3) is 0.417. The Balaban J connectivity index is 0.00000200. The van der Waals surface area contributed by atoms with Gasteiger partial charge in [0.2, 0.25) is 0 Å². The van der Waals surface area contributed by atoms with Gasteiger partial charge in [0, 0.05) is 30.2 Å². The number of nitrogens with zero attached hydrogens (tertiary/aromatic N) is 1. The molecule has 0 aliphatic carbocycles. The van der Waals surface area contributed by atoms with E-state index < -0.39 is 6.61 Å². The van der Waals surface area contributed by atoms with Crippen molar-refractivity contribution < 1.29 is 13.5 Å². The van der Waals surface area contributed by atoms with Gasteiger partial charge < -0.3 is 15.4 Å². The summed E-state index contributed by atoms with van der Waals surface area (Å²) in [6.45, 7) is -0.938. The molecule has 8 heteroatoms. The van der Waals surface area contributed by atoms with Crippen LogP contribution >= 0.6 is 35.6 Å². The Morgan fingerprint density at radius 1 is 1.45 bits per heavy atom. The van der Waals surface area contributed by atoms with E-state index in [9.17, 15) is 8.78 Å². The van der Waals surface area contributed by atoms with Crippen LogP contribution in [0.3, 0.4) is 0 Å². The molecule has 0 saturated heterocycles. The van der Waals surface area contributed by atoms with Crippen molar-refractivity contribution in [2.75, 3.05) is 13.1 Å². The first-order valence-corrected chi connectivity index (χ1v) is 6.28. The normalized spacial score (nSPS) is 14.1. The first kappa shape index (κ1) is 17.2. The summed E-state index contributed by atoms with van der Waals surface area (Å²) in [5.41, 5.74) is 0.558. The number of ether oxygens (including phenoxy) is 1. The van der Waals surface area contributed by atoms with Gasteiger partial charge in [0.05, 0.1) is 0 Å². The molecule has 1 aromatic carbocycles. The van der Waals surface area contributed by atoms with Gasteiger partial charge in [-0.2, -0.15) is 8.78 Å². The molecule has 0 amide bonds. The van der Waals surface area contributed by atoms with E-state index in [1.165, 1.54) is 12.1 Å². The Bertz CT molecular complexity index is 474. The monoisotopic (exact) mass is 417 g/mol.